The molecule has 0 spiro atoms. The van der Waals surface area contributed by atoms with Crippen molar-refractivity contribution in [2.45, 2.75) is 37.6 Å². The van der Waals surface area contributed by atoms with Gasteiger partial charge in [0, 0.05) is 30.1 Å². The summed E-state index contributed by atoms with van der Waals surface area (Å²) in [6, 6.07) is 7.27. The minimum atomic E-state index is -0.840. The van der Waals surface area contributed by atoms with Gasteiger partial charge in [0.1, 0.15) is 11.9 Å². The molecule has 10 heteroatoms. The smallest absolute Gasteiger partial charge is 0.327 e. The second-order valence-corrected chi connectivity index (χ2v) is 8.12. The van der Waals surface area contributed by atoms with Crippen LogP contribution in [0.25, 0.3) is 6.08 Å². The van der Waals surface area contributed by atoms with Crippen LogP contribution in [0.4, 0.5) is 4.39 Å². The maximum Gasteiger partial charge on any atom is 0.327 e. The average Bonchev–Trinajstić information content (AvgIpc) is 3.23. The maximum atomic E-state index is 14.5. The third-order valence-corrected chi connectivity index (χ3v) is 5.93. The highest BCUT2D eigenvalue weighted by atomic mass is 35.5. The van der Waals surface area contributed by atoms with E-state index in [0.29, 0.717) is 38.2 Å². The molecule has 2 atom stereocenters. The number of aryl methyl sites for hydroxylation is 1. The highest BCUT2D eigenvalue weighted by molar-refractivity contribution is 7.81. The van der Waals surface area contributed by atoms with Gasteiger partial charge in [-0.2, -0.15) is 17.7 Å². The lowest BCUT2D eigenvalue weighted by atomic mass is 9.97. The van der Waals surface area contributed by atoms with Crippen LogP contribution in [0.3, 0.4) is 0 Å². The zero-order valence-electron chi connectivity index (χ0n) is 18.6. The number of benzene rings is 1. The number of carbonyl (C=O) groups is 2. The Morgan fingerprint density at radius 2 is 2.09 bits per heavy atom. The molecule has 0 aliphatic carbocycles. The van der Waals surface area contributed by atoms with Crippen LogP contribution < -0.4 is 0 Å². The second kappa shape index (κ2) is 12.8. The Hall–Kier alpha value is -2.36. The second-order valence-electron chi connectivity index (χ2n) is 7.50. The van der Waals surface area contributed by atoms with Gasteiger partial charge in [0.25, 0.3) is 0 Å². The van der Waals surface area contributed by atoms with Gasteiger partial charge in [-0.1, -0.05) is 18.2 Å². The van der Waals surface area contributed by atoms with Crippen molar-refractivity contribution in [1.82, 2.24) is 14.7 Å². The van der Waals surface area contributed by atoms with E-state index in [1.165, 1.54) is 13.2 Å². The quantitative estimate of drug-likeness (QED) is 0.443. The summed E-state index contributed by atoms with van der Waals surface area (Å²) in [4.78, 5) is 26.0. The molecule has 2 heterocycles. The van der Waals surface area contributed by atoms with Crippen LogP contribution in [-0.2, 0) is 25.6 Å². The van der Waals surface area contributed by atoms with E-state index in [1.54, 1.807) is 36.0 Å². The molecule has 1 saturated heterocycles. The average molecular weight is 498 g/mol. The number of methoxy groups -OCH3 is 1. The molecule has 0 unspecified atom stereocenters. The predicted molar refractivity (Wildman–Crippen MR) is 129 cm³/mol. The molecule has 1 aromatic heterocycles. The van der Waals surface area contributed by atoms with Crippen molar-refractivity contribution in [2.75, 3.05) is 26.8 Å². The Morgan fingerprint density at radius 1 is 1.33 bits per heavy atom. The normalized spacial score (nSPS) is 18.4. The first-order valence-corrected chi connectivity index (χ1v) is 11.1. The maximum absolute atomic E-state index is 14.5. The number of halogens is 2. The Balaban J connectivity index is 0.00000385. The summed E-state index contributed by atoms with van der Waals surface area (Å²) >= 11 is 4.70. The molecule has 0 radical (unpaired) electrons. The zero-order valence-corrected chi connectivity index (χ0v) is 20.4. The predicted octanol–water partition coefficient (Wildman–Crippen LogP) is 3.70. The van der Waals surface area contributed by atoms with Crippen molar-refractivity contribution < 1.29 is 23.5 Å². The molecule has 180 valence electrons. The van der Waals surface area contributed by atoms with Crippen LogP contribution in [0.1, 0.15) is 37.1 Å². The molecule has 3 rings (SSSR count). The Bertz CT molecular complexity index is 984. The number of nitrogens with zero attached hydrogens (tertiary/aromatic N) is 3. The summed E-state index contributed by atoms with van der Waals surface area (Å²) in [5.41, 5.74) is 1.99. The van der Waals surface area contributed by atoms with Crippen molar-refractivity contribution in [1.29, 1.82) is 0 Å². The Kier molecular flexibility index (Phi) is 10.4. The van der Waals surface area contributed by atoms with Gasteiger partial charge >= 0.3 is 11.9 Å². The van der Waals surface area contributed by atoms with Gasteiger partial charge in [0.05, 0.1) is 32.4 Å². The van der Waals surface area contributed by atoms with Gasteiger partial charge in [-0.05, 0) is 37.1 Å². The Morgan fingerprint density at radius 3 is 2.79 bits per heavy atom. The van der Waals surface area contributed by atoms with Crippen LogP contribution in [0, 0.1) is 5.82 Å². The van der Waals surface area contributed by atoms with Crippen molar-refractivity contribution in [3.8, 4) is 0 Å². The molecule has 1 aliphatic heterocycles. The fourth-order valence-electron chi connectivity index (χ4n) is 3.74. The third kappa shape index (κ3) is 7.06. The van der Waals surface area contributed by atoms with Crippen molar-refractivity contribution in [3.63, 3.8) is 0 Å². The topological polar surface area (TPSA) is 73.7 Å². The molecule has 0 saturated carbocycles. The number of ether oxygens (including phenoxy) is 2. The molecule has 7 nitrogen and oxygen atoms in total. The van der Waals surface area contributed by atoms with Gasteiger partial charge in [-0.3, -0.25) is 14.4 Å². The molecule has 33 heavy (non-hydrogen) atoms. The van der Waals surface area contributed by atoms with E-state index < -0.39 is 17.8 Å². The molecule has 0 bridgehead atoms. The monoisotopic (exact) mass is 497 g/mol. The summed E-state index contributed by atoms with van der Waals surface area (Å²) < 4.78 is 26.1. The van der Waals surface area contributed by atoms with E-state index in [9.17, 15) is 14.0 Å². The van der Waals surface area contributed by atoms with Gasteiger partial charge in [0.15, 0.2) is 0 Å². The summed E-state index contributed by atoms with van der Waals surface area (Å²) in [6.07, 6.45) is 4.68. The zero-order chi connectivity index (χ0) is 23.1. The molecule has 1 aliphatic rings. The number of carbonyl (C=O) groups excluding carboxylic acids is 2. The van der Waals surface area contributed by atoms with Crippen LogP contribution in [0.5, 0.6) is 0 Å². The van der Waals surface area contributed by atoms with Crippen LogP contribution in [0.15, 0.2) is 42.1 Å². The molecule has 0 N–H and O–H groups in total. The number of hydrogen-bond donors (Lipinski definition) is 1. The highest BCUT2D eigenvalue weighted by Gasteiger charge is 2.34. The summed E-state index contributed by atoms with van der Waals surface area (Å²) in [6.45, 7) is 3.56. The number of thiol groups is 1. The lowest BCUT2D eigenvalue weighted by molar-refractivity contribution is -0.147. The van der Waals surface area contributed by atoms with E-state index >= 15 is 0 Å². The molecule has 1 fully saturated rings. The third-order valence-electron chi connectivity index (χ3n) is 5.34. The Labute approximate surface area is 204 Å². The molecular weight excluding hydrogens is 469 g/mol. The SMILES string of the molecule is CCOC(=O)CCn1ccc(C=C2CN([C@H](C(=O)OC)c3ccccc3F)CC[C@H]2S)n1.Cl. The molecule has 0 amide bonds. The highest BCUT2D eigenvalue weighted by Crippen LogP contribution is 2.31. The molecule has 2 aromatic rings. The van der Waals surface area contributed by atoms with E-state index in [2.05, 4.69) is 5.10 Å². The number of hydrogen-bond acceptors (Lipinski definition) is 7. The first-order chi connectivity index (χ1) is 15.4. The fraction of sp³-hybridized carbons (Fsp3) is 0.435. The summed E-state index contributed by atoms with van der Waals surface area (Å²) in [7, 11) is 1.31. The van der Waals surface area contributed by atoms with Gasteiger partial charge < -0.3 is 9.47 Å². The minimum Gasteiger partial charge on any atom is -0.468 e. The minimum absolute atomic E-state index is 0. The summed E-state index contributed by atoms with van der Waals surface area (Å²) in [5, 5.41) is 4.49. The van der Waals surface area contributed by atoms with Crippen molar-refractivity contribution in [2.24, 2.45) is 0 Å². The first-order valence-electron chi connectivity index (χ1n) is 10.6. The number of aromatic nitrogens is 2. The van der Waals surface area contributed by atoms with E-state index in [1.807, 2.05) is 17.0 Å². The molecular formula is C23H29ClFN3O4S. The van der Waals surface area contributed by atoms with Gasteiger partial charge in [0.2, 0.25) is 0 Å². The number of rotatable bonds is 8. The standard InChI is InChI=1S/C23H28FN3O4S.ClH/c1-3-31-21(28)10-13-27-12-8-17(25-27)14-16-15-26(11-9-20(16)32)22(23(29)30-2)18-6-4-5-7-19(18)24;/h4-8,12,14,20,22,32H,3,9-11,13,15H2,1-2H3;1H/t20-,22+;/m1./s1. The lowest BCUT2D eigenvalue weighted by Gasteiger charge is -2.36. The fourth-order valence-corrected chi connectivity index (χ4v) is 4.02. The van der Waals surface area contributed by atoms with Crippen LogP contribution in [-0.4, -0.2) is 58.7 Å². The van der Waals surface area contributed by atoms with E-state index in [-0.39, 0.29) is 30.0 Å². The number of likely N-dealkylation sites (tertiary alicyclic amines) is 1. The van der Waals surface area contributed by atoms with Crippen molar-refractivity contribution >= 4 is 43.1 Å². The van der Waals surface area contributed by atoms with Crippen LogP contribution >= 0.6 is 25.0 Å². The van der Waals surface area contributed by atoms with Gasteiger partial charge in [-0.25, -0.2) is 9.18 Å². The number of piperidine rings is 1. The van der Waals surface area contributed by atoms with Crippen molar-refractivity contribution in [3.05, 3.63) is 59.2 Å². The van der Waals surface area contributed by atoms with Gasteiger partial charge in [-0.15, -0.1) is 12.4 Å². The largest absolute Gasteiger partial charge is 0.468 e. The molecule has 1 aromatic carbocycles. The summed E-state index contributed by atoms with van der Waals surface area (Å²) in [5.74, 6) is -1.21. The van der Waals surface area contributed by atoms with E-state index in [0.717, 1.165) is 11.3 Å². The van der Waals surface area contributed by atoms with E-state index in [4.69, 9.17) is 22.1 Å². The van der Waals surface area contributed by atoms with Crippen LogP contribution in [0.2, 0.25) is 0 Å². The number of esters is 2. The first kappa shape index (κ1) is 26.9. The lowest BCUT2D eigenvalue weighted by Crippen LogP contribution is -2.42.